The molecule has 0 bridgehead atoms. The third-order valence-corrected chi connectivity index (χ3v) is 6.14. The number of rotatable bonds is 6. The van der Waals surface area contributed by atoms with E-state index in [1.807, 2.05) is 47.5 Å². The van der Waals surface area contributed by atoms with Gasteiger partial charge in [-0.2, -0.15) is 5.10 Å². The van der Waals surface area contributed by atoms with Crippen LogP contribution >= 0.6 is 11.8 Å². The number of nitrogens with zero attached hydrogens (tertiary/aromatic N) is 3. The lowest BCUT2D eigenvalue weighted by Crippen LogP contribution is -2.38. The van der Waals surface area contributed by atoms with Crippen molar-refractivity contribution in [3.63, 3.8) is 0 Å². The Labute approximate surface area is 168 Å². The minimum Gasteiger partial charge on any atom is -0.330 e. The number of aromatic nitrogens is 1. The molecule has 0 saturated heterocycles. The molecular formula is C22H21FN4S. The number of anilines is 1. The van der Waals surface area contributed by atoms with Gasteiger partial charge >= 0.3 is 0 Å². The summed E-state index contributed by atoms with van der Waals surface area (Å²) in [5.41, 5.74) is 7.74. The Balaban J connectivity index is 1.85. The van der Waals surface area contributed by atoms with E-state index in [2.05, 4.69) is 17.1 Å². The number of pyridine rings is 1. The summed E-state index contributed by atoms with van der Waals surface area (Å²) >= 11 is 1.63. The Hall–Kier alpha value is -2.70. The zero-order valence-electron chi connectivity index (χ0n) is 15.3. The second-order valence-corrected chi connectivity index (χ2v) is 7.83. The molecule has 4 nitrogen and oxygen atoms in total. The summed E-state index contributed by atoms with van der Waals surface area (Å²) in [5.74, 6) is 0.478. The summed E-state index contributed by atoms with van der Waals surface area (Å²) < 4.78 is 13.9. The Morgan fingerprint density at radius 3 is 2.54 bits per heavy atom. The minimum absolute atomic E-state index is 0.274. The van der Waals surface area contributed by atoms with Crippen molar-refractivity contribution in [3.05, 3.63) is 95.9 Å². The third kappa shape index (κ3) is 3.53. The fraction of sp³-hybridized carbons (Fsp3) is 0.182. The number of hydrogen-bond donors (Lipinski definition) is 1. The molecule has 0 saturated carbocycles. The fourth-order valence-electron chi connectivity index (χ4n) is 3.37. The largest absolute Gasteiger partial charge is 0.330 e. The van der Waals surface area contributed by atoms with Gasteiger partial charge in [-0.05, 0) is 49.2 Å². The Kier molecular flexibility index (Phi) is 5.41. The molecule has 2 heterocycles. The Bertz CT molecular complexity index is 965. The lowest BCUT2D eigenvalue weighted by molar-refractivity contribution is 0.523. The number of hydrogen-bond acceptors (Lipinski definition) is 5. The van der Waals surface area contributed by atoms with Crippen LogP contribution in [0.1, 0.15) is 24.0 Å². The molecule has 28 heavy (non-hydrogen) atoms. The summed E-state index contributed by atoms with van der Waals surface area (Å²) in [6.45, 7) is 0.584. The highest BCUT2D eigenvalue weighted by Gasteiger charge is 2.46. The molecule has 142 valence electrons. The predicted octanol–water partition coefficient (Wildman–Crippen LogP) is 4.73. The van der Waals surface area contributed by atoms with Crippen molar-refractivity contribution in [2.45, 2.75) is 17.7 Å². The van der Waals surface area contributed by atoms with E-state index in [-0.39, 0.29) is 5.82 Å². The highest BCUT2D eigenvalue weighted by atomic mass is 32.2. The van der Waals surface area contributed by atoms with E-state index in [9.17, 15) is 4.39 Å². The number of thioether (sulfide) groups is 1. The number of nitrogens with two attached hydrogens (primary N) is 1. The highest BCUT2D eigenvalue weighted by Crippen LogP contribution is 2.51. The minimum atomic E-state index is -0.489. The van der Waals surface area contributed by atoms with E-state index in [0.29, 0.717) is 6.54 Å². The molecule has 3 aromatic rings. The quantitative estimate of drug-likeness (QED) is 0.659. The molecular weight excluding hydrogens is 371 g/mol. The van der Waals surface area contributed by atoms with Gasteiger partial charge in [0, 0.05) is 11.8 Å². The summed E-state index contributed by atoms with van der Waals surface area (Å²) in [6.07, 6.45) is 3.38. The second-order valence-electron chi connectivity index (χ2n) is 6.56. The first-order chi connectivity index (χ1) is 13.7. The molecule has 1 atom stereocenters. The van der Waals surface area contributed by atoms with Crippen molar-refractivity contribution in [1.29, 1.82) is 0 Å². The van der Waals surface area contributed by atoms with E-state index in [1.165, 1.54) is 12.1 Å². The van der Waals surface area contributed by atoms with E-state index >= 15 is 0 Å². The summed E-state index contributed by atoms with van der Waals surface area (Å²) in [6, 6.07) is 22.6. The molecule has 2 aromatic carbocycles. The molecule has 2 N–H and O–H groups in total. The Morgan fingerprint density at radius 1 is 1.00 bits per heavy atom. The Morgan fingerprint density at radius 2 is 1.82 bits per heavy atom. The lowest BCUT2D eigenvalue weighted by atomic mass is 10.00. The van der Waals surface area contributed by atoms with Gasteiger partial charge in [0.05, 0.1) is 0 Å². The van der Waals surface area contributed by atoms with Crippen LogP contribution in [0.2, 0.25) is 0 Å². The molecule has 0 radical (unpaired) electrons. The van der Waals surface area contributed by atoms with E-state index < -0.39 is 4.87 Å². The molecule has 4 rings (SSSR count). The topological polar surface area (TPSA) is 54.5 Å². The van der Waals surface area contributed by atoms with Gasteiger partial charge in [0.15, 0.2) is 5.82 Å². The maximum absolute atomic E-state index is 13.9. The number of benzene rings is 2. The summed E-state index contributed by atoms with van der Waals surface area (Å²) in [7, 11) is 0. The van der Waals surface area contributed by atoms with Crippen molar-refractivity contribution in [2.24, 2.45) is 10.8 Å². The normalized spacial score (nSPS) is 18.9. The molecule has 6 heteroatoms. The first-order valence-corrected chi connectivity index (χ1v) is 10.0. The molecule has 0 aliphatic carbocycles. The molecule has 1 aromatic heterocycles. The van der Waals surface area contributed by atoms with Crippen LogP contribution in [0.25, 0.3) is 0 Å². The monoisotopic (exact) mass is 392 g/mol. The van der Waals surface area contributed by atoms with E-state index in [1.54, 1.807) is 24.0 Å². The van der Waals surface area contributed by atoms with Crippen LogP contribution < -0.4 is 10.7 Å². The standard InChI is InChI=1S/C22H21FN4S/c23-19-11-6-8-17(16-19)21-26-27(20-12-4-5-15-25-20)22(28-21,13-7-14-24)18-9-2-1-3-10-18/h1-6,8-12,15-16H,7,13-14,24H2. The van der Waals surface area contributed by atoms with Gasteiger partial charge in [0.2, 0.25) is 0 Å². The van der Waals surface area contributed by atoms with Crippen molar-refractivity contribution < 1.29 is 4.39 Å². The van der Waals surface area contributed by atoms with Gasteiger partial charge in [0.1, 0.15) is 15.7 Å². The van der Waals surface area contributed by atoms with Crippen molar-refractivity contribution in [2.75, 3.05) is 11.6 Å². The van der Waals surface area contributed by atoms with Crippen molar-refractivity contribution >= 4 is 22.6 Å². The number of hydrazone groups is 1. The second kappa shape index (κ2) is 8.12. The fourth-order valence-corrected chi connectivity index (χ4v) is 4.78. The van der Waals surface area contributed by atoms with E-state index in [0.717, 1.165) is 34.8 Å². The predicted molar refractivity (Wildman–Crippen MR) is 114 cm³/mol. The summed E-state index contributed by atoms with van der Waals surface area (Å²) in [5, 5.41) is 7.63. The molecule has 1 aliphatic heterocycles. The molecule has 1 unspecified atom stereocenters. The first-order valence-electron chi connectivity index (χ1n) is 9.23. The molecule has 0 fully saturated rings. The average Bonchev–Trinajstić information content (AvgIpc) is 3.14. The molecule has 0 spiro atoms. The van der Waals surface area contributed by atoms with Gasteiger partial charge in [-0.25, -0.2) is 14.4 Å². The van der Waals surface area contributed by atoms with Crippen LogP contribution in [0.4, 0.5) is 10.2 Å². The lowest BCUT2D eigenvalue weighted by Gasteiger charge is -2.36. The summed E-state index contributed by atoms with van der Waals surface area (Å²) in [4.78, 5) is 4.05. The zero-order chi connectivity index (χ0) is 19.4. The van der Waals surface area contributed by atoms with Crippen LogP contribution in [0, 0.1) is 5.82 Å². The van der Waals surface area contributed by atoms with Crippen LogP contribution in [0.5, 0.6) is 0 Å². The smallest absolute Gasteiger partial charge is 0.150 e. The van der Waals surface area contributed by atoms with Crippen LogP contribution in [-0.2, 0) is 4.87 Å². The SMILES string of the molecule is NCCCC1(c2ccccc2)SC(c2cccc(F)c2)=NN1c1ccccn1. The average molecular weight is 393 g/mol. The molecule has 1 aliphatic rings. The number of halogens is 1. The first kappa shape index (κ1) is 18.7. The molecule has 0 amide bonds. The maximum Gasteiger partial charge on any atom is 0.150 e. The van der Waals surface area contributed by atoms with Gasteiger partial charge in [0.25, 0.3) is 0 Å². The maximum atomic E-state index is 13.9. The van der Waals surface area contributed by atoms with E-state index in [4.69, 9.17) is 10.8 Å². The van der Waals surface area contributed by atoms with Crippen LogP contribution in [0.15, 0.2) is 84.1 Å². The van der Waals surface area contributed by atoms with Crippen molar-refractivity contribution in [1.82, 2.24) is 4.98 Å². The van der Waals surface area contributed by atoms with Gasteiger partial charge in [-0.3, -0.25) is 0 Å². The van der Waals surface area contributed by atoms with Gasteiger partial charge in [-0.15, -0.1) is 0 Å². The van der Waals surface area contributed by atoms with Crippen LogP contribution in [0.3, 0.4) is 0 Å². The third-order valence-electron chi connectivity index (χ3n) is 4.68. The van der Waals surface area contributed by atoms with Crippen molar-refractivity contribution in [3.8, 4) is 0 Å². The van der Waals surface area contributed by atoms with Crippen LogP contribution in [-0.4, -0.2) is 16.6 Å². The van der Waals surface area contributed by atoms with Gasteiger partial charge < -0.3 is 5.73 Å². The highest BCUT2D eigenvalue weighted by molar-refractivity contribution is 8.15. The van der Waals surface area contributed by atoms with Gasteiger partial charge in [-0.1, -0.05) is 60.3 Å². The zero-order valence-corrected chi connectivity index (χ0v) is 16.1.